The van der Waals surface area contributed by atoms with E-state index in [0.29, 0.717) is 11.8 Å². The van der Waals surface area contributed by atoms with Gasteiger partial charge in [-0.25, -0.2) is 0 Å². The minimum atomic E-state index is 0.317. The molecule has 19 heavy (non-hydrogen) atoms. The van der Waals surface area contributed by atoms with Gasteiger partial charge in [-0.15, -0.1) is 0 Å². The Balaban J connectivity index is 2.15. The largest absolute Gasteiger partial charge is 0.507 e. The number of phenols is 1. The minimum Gasteiger partial charge on any atom is -0.507 e. The summed E-state index contributed by atoms with van der Waals surface area (Å²) < 4.78 is 1.88. The summed E-state index contributed by atoms with van der Waals surface area (Å²) in [6.45, 7) is 4.16. The Morgan fingerprint density at radius 3 is 2.53 bits per heavy atom. The lowest BCUT2D eigenvalue weighted by atomic mass is 9.94. The van der Waals surface area contributed by atoms with Crippen LogP contribution in [0.4, 0.5) is 0 Å². The molecule has 1 saturated carbocycles. The molecular weight excluding hydrogens is 370 g/mol. The van der Waals surface area contributed by atoms with Crippen LogP contribution in [0.5, 0.6) is 5.75 Å². The van der Waals surface area contributed by atoms with Crippen molar-refractivity contribution in [3.8, 4) is 5.75 Å². The molecule has 0 amide bonds. The molecule has 1 N–H and O–H groups in total. The van der Waals surface area contributed by atoms with E-state index >= 15 is 0 Å². The van der Waals surface area contributed by atoms with Crippen LogP contribution in [0, 0.1) is 0 Å². The maximum absolute atomic E-state index is 9.83. The average molecular weight is 391 g/mol. The van der Waals surface area contributed by atoms with Crippen molar-refractivity contribution in [2.24, 2.45) is 0 Å². The van der Waals surface area contributed by atoms with E-state index in [1.54, 1.807) is 6.07 Å². The SMILES string of the molecule is CCN(Cc1c(Br)ccc(O)c1Br)C1CCCCC1. The summed E-state index contributed by atoms with van der Waals surface area (Å²) in [7, 11) is 0. The smallest absolute Gasteiger partial charge is 0.130 e. The van der Waals surface area contributed by atoms with Gasteiger partial charge < -0.3 is 5.11 Å². The summed E-state index contributed by atoms with van der Waals surface area (Å²) in [6.07, 6.45) is 6.70. The number of hydrogen-bond acceptors (Lipinski definition) is 2. The molecule has 1 fully saturated rings. The second kappa shape index (κ2) is 7.09. The molecule has 0 aliphatic heterocycles. The Labute approximate surface area is 132 Å². The Hall–Kier alpha value is -0.0600. The van der Waals surface area contributed by atoms with Crippen LogP contribution in [-0.2, 0) is 6.54 Å². The normalized spacial score (nSPS) is 17.1. The fourth-order valence-corrected chi connectivity index (χ4v) is 4.07. The van der Waals surface area contributed by atoms with Gasteiger partial charge in [-0.2, -0.15) is 0 Å². The van der Waals surface area contributed by atoms with Gasteiger partial charge in [0.2, 0.25) is 0 Å². The maximum atomic E-state index is 9.83. The fraction of sp³-hybridized carbons (Fsp3) is 0.600. The lowest BCUT2D eigenvalue weighted by Gasteiger charge is -2.34. The minimum absolute atomic E-state index is 0.317. The van der Waals surface area contributed by atoms with Gasteiger partial charge in [0.25, 0.3) is 0 Å². The first-order chi connectivity index (χ1) is 9.13. The second-order valence-electron chi connectivity index (χ2n) is 5.21. The van der Waals surface area contributed by atoms with Crippen LogP contribution in [0.25, 0.3) is 0 Å². The van der Waals surface area contributed by atoms with Crippen LogP contribution in [0.1, 0.15) is 44.6 Å². The van der Waals surface area contributed by atoms with E-state index in [9.17, 15) is 5.11 Å². The van der Waals surface area contributed by atoms with E-state index in [2.05, 4.69) is 43.7 Å². The molecule has 0 heterocycles. The third kappa shape index (κ3) is 3.73. The molecule has 0 aromatic heterocycles. The number of rotatable bonds is 4. The van der Waals surface area contributed by atoms with Gasteiger partial charge in [0.05, 0.1) is 4.47 Å². The first-order valence-electron chi connectivity index (χ1n) is 7.03. The lowest BCUT2D eigenvalue weighted by Crippen LogP contribution is -2.36. The van der Waals surface area contributed by atoms with Gasteiger partial charge in [0.1, 0.15) is 5.75 Å². The first kappa shape index (κ1) is 15.3. The van der Waals surface area contributed by atoms with Crippen molar-refractivity contribution >= 4 is 31.9 Å². The molecule has 0 saturated heterocycles. The van der Waals surface area contributed by atoms with Crippen LogP contribution in [0.3, 0.4) is 0 Å². The highest BCUT2D eigenvalue weighted by molar-refractivity contribution is 9.11. The van der Waals surface area contributed by atoms with Crippen molar-refractivity contribution in [1.29, 1.82) is 0 Å². The molecule has 1 aromatic carbocycles. The highest BCUT2D eigenvalue weighted by atomic mass is 79.9. The third-order valence-electron chi connectivity index (χ3n) is 4.02. The number of hydrogen-bond donors (Lipinski definition) is 1. The molecule has 0 radical (unpaired) electrons. The van der Waals surface area contributed by atoms with Crippen molar-refractivity contribution in [2.45, 2.75) is 51.6 Å². The van der Waals surface area contributed by atoms with E-state index in [1.807, 2.05) is 6.07 Å². The molecule has 1 aromatic rings. The quantitative estimate of drug-likeness (QED) is 0.775. The highest BCUT2D eigenvalue weighted by Gasteiger charge is 2.22. The molecule has 1 aliphatic carbocycles. The van der Waals surface area contributed by atoms with E-state index in [1.165, 1.54) is 32.1 Å². The first-order valence-corrected chi connectivity index (χ1v) is 8.62. The highest BCUT2D eigenvalue weighted by Crippen LogP contribution is 2.35. The second-order valence-corrected chi connectivity index (χ2v) is 6.86. The molecule has 2 nitrogen and oxygen atoms in total. The molecule has 4 heteroatoms. The van der Waals surface area contributed by atoms with E-state index in [-0.39, 0.29) is 0 Å². The number of halogens is 2. The summed E-state index contributed by atoms with van der Waals surface area (Å²) in [4.78, 5) is 2.53. The van der Waals surface area contributed by atoms with E-state index in [0.717, 1.165) is 27.6 Å². The predicted molar refractivity (Wildman–Crippen MR) is 86.5 cm³/mol. The molecule has 0 unspecified atom stereocenters. The number of nitrogens with zero attached hydrogens (tertiary/aromatic N) is 1. The summed E-state index contributed by atoms with van der Waals surface area (Å²) in [5.41, 5.74) is 1.15. The van der Waals surface area contributed by atoms with Crippen molar-refractivity contribution < 1.29 is 5.11 Å². The van der Waals surface area contributed by atoms with Gasteiger partial charge in [-0.3, -0.25) is 4.90 Å². The van der Waals surface area contributed by atoms with Gasteiger partial charge >= 0.3 is 0 Å². The van der Waals surface area contributed by atoms with Crippen LogP contribution in [-0.4, -0.2) is 22.6 Å². The number of aromatic hydroxyl groups is 1. The topological polar surface area (TPSA) is 23.5 Å². The number of phenolic OH excluding ortho intramolecular Hbond substituents is 1. The standard InChI is InChI=1S/C15H21Br2NO/c1-2-18(11-6-4-3-5-7-11)10-12-13(16)8-9-14(19)15(12)17/h8-9,11,19H,2-7,10H2,1H3. The Bertz CT molecular complexity index is 430. The zero-order chi connectivity index (χ0) is 13.8. The monoisotopic (exact) mass is 389 g/mol. The Kier molecular flexibility index (Phi) is 5.72. The third-order valence-corrected chi connectivity index (χ3v) is 5.65. The average Bonchev–Trinajstić information content (AvgIpc) is 2.44. The fourth-order valence-electron chi connectivity index (χ4n) is 2.88. The summed E-state index contributed by atoms with van der Waals surface area (Å²) >= 11 is 7.10. The Morgan fingerprint density at radius 1 is 1.21 bits per heavy atom. The molecule has 0 spiro atoms. The maximum Gasteiger partial charge on any atom is 0.130 e. The van der Waals surface area contributed by atoms with Gasteiger partial charge in [0.15, 0.2) is 0 Å². The summed E-state index contributed by atoms with van der Waals surface area (Å²) in [6, 6.07) is 4.33. The van der Waals surface area contributed by atoms with Crippen molar-refractivity contribution in [3.05, 3.63) is 26.6 Å². The van der Waals surface area contributed by atoms with Crippen LogP contribution in [0.2, 0.25) is 0 Å². The van der Waals surface area contributed by atoms with Gasteiger partial charge in [-0.05, 0) is 53.0 Å². The number of benzene rings is 1. The zero-order valence-electron chi connectivity index (χ0n) is 11.3. The van der Waals surface area contributed by atoms with Crippen LogP contribution in [0.15, 0.2) is 21.1 Å². The lowest BCUT2D eigenvalue weighted by molar-refractivity contribution is 0.155. The van der Waals surface area contributed by atoms with Crippen molar-refractivity contribution in [3.63, 3.8) is 0 Å². The molecule has 0 atom stereocenters. The van der Waals surface area contributed by atoms with Crippen molar-refractivity contribution in [2.75, 3.05) is 6.54 Å². The Morgan fingerprint density at radius 2 is 1.89 bits per heavy atom. The van der Waals surface area contributed by atoms with Crippen molar-refractivity contribution in [1.82, 2.24) is 4.90 Å². The zero-order valence-corrected chi connectivity index (χ0v) is 14.5. The van der Waals surface area contributed by atoms with E-state index in [4.69, 9.17) is 0 Å². The van der Waals surface area contributed by atoms with Gasteiger partial charge in [-0.1, -0.05) is 42.1 Å². The molecule has 2 rings (SSSR count). The predicted octanol–water partition coefficient (Wildman–Crippen LogP) is 5.07. The summed E-state index contributed by atoms with van der Waals surface area (Å²) in [5, 5.41) is 9.83. The van der Waals surface area contributed by atoms with Gasteiger partial charge in [0, 0.05) is 17.1 Å². The van der Waals surface area contributed by atoms with Crippen LogP contribution < -0.4 is 0 Å². The molecule has 0 bridgehead atoms. The van der Waals surface area contributed by atoms with E-state index < -0.39 is 0 Å². The molecule has 1 aliphatic rings. The molecule has 106 valence electrons. The summed E-state index contributed by atoms with van der Waals surface area (Å²) in [5.74, 6) is 0.317. The van der Waals surface area contributed by atoms with Crippen LogP contribution >= 0.6 is 31.9 Å². The molecular formula is C15H21Br2NO.